The van der Waals surface area contributed by atoms with Crippen molar-refractivity contribution < 1.29 is 9.53 Å². The summed E-state index contributed by atoms with van der Waals surface area (Å²) in [5.74, 6) is -0.306. The molecule has 0 atom stereocenters. The molecule has 1 aromatic rings. The number of methoxy groups -OCH3 is 1. The van der Waals surface area contributed by atoms with Gasteiger partial charge in [0.1, 0.15) is 6.54 Å². The molecule has 1 amide bonds. The Labute approximate surface area is 135 Å². The summed E-state index contributed by atoms with van der Waals surface area (Å²) in [6, 6.07) is 0. The molecule has 0 aliphatic heterocycles. The Morgan fingerprint density at radius 3 is 2.76 bits per heavy atom. The molecular weight excluding hydrogens is 368 g/mol. The fourth-order valence-corrected chi connectivity index (χ4v) is 1.75. The van der Waals surface area contributed by atoms with Crippen molar-refractivity contribution in [3.8, 4) is 0 Å². The molecule has 0 aliphatic rings. The van der Waals surface area contributed by atoms with E-state index in [0.29, 0.717) is 26.2 Å². The zero-order valence-electron chi connectivity index (χ0n) is 11.5. The van der Waals surface area contributed by atoms with Crippen molar-refractivity contribution >= 4 is 34.2 Å². The third kappa shape index (κ3) is 7.42. The summed E-state index contributed by atoms with van der Waals surface area (Å²) in [4.78, 5) is 36.3. The molecule has 120 valence electrons. The van der Waals surface area contributed by atoms with E-state index < -0.39 is 11.2 Å². The maximum atomic E-state index is 11.6. The van der Waals surface area contributed by atoms with Gasteiger partial charge in [-0.25, -0.2) is 4.79 Å². The minimum absolute atomic E-state index is 0. The van der Waals surface area contributed by atoms with Crippen molar-refractivity contribution in [1.82, 2.24) is 20.2 Å². The lowest BCUT2D eigenvalue weighted by Crippen LogP contribution is -2.38. The molecule has 0 spiro atoms. The molecule has 8 nitrogen and oxygen atoms in total. The summed E-state index contributed by atoms with van der Waals surface area (Å²) >= 11 is 3.00. The summed E-state index contributed by atoms with van der Waals surface area (Å²) < 4.78 is 6.19. The number of aromatic nitrogens is 2. The molecule has 3 N–H and O–H groups in total. The Balaban J connectivity index is 0.00000400. The van der Waals surface area contributed by atoms with Crippen LogP contribution in [-0.4, -0.2) is 48.8 Å². The maximum Gasteiger partial charge on any atom is 0.328 e. The van der Waals surface area contributed by atoms with E-state index >= 15 is 0 Å². The molecule has 0 aromatic carbocycles. The fourth-order valence-electron chi connectivity index (χ4n) is 1.40. The first-order chi connectivity index (χ1) is 9.54. The number of ether oxygens (including phenoxy) is 1. The predicted molar refractivity (Wildman–Crippen MR) is 84.0 cm³/mol. The van der Waals surface area contributed by atoms with E-state index in [4.69, 9.17) is 4.74 Å². The summed E-state index contributed by atoms with van der Waals surface area (Å²) in [6.07, 6.45) is 1.29. The highest BCUT2D eigenvalue weighted by atomic mass is 79.9. The van der Waals surface area contributed by atoms with Crippen LogP contribution in [0.2, 0.25) is 0 Å². The van der Waals surface area contributed by atoms with Crippen LogP contribution >= 0.6 is 28.3 Å². The quantitative estimate of drug-likeness (QED) is 0.502. The van der Waals surface area contributed by atoms with Gasteiger partial charge >= 0.3 is 5.69 Å². The van der Waals surface area contributed by atoms with Crippen LogP contribution in [0.25, 0.3) is 0 Å². The van der Waals surface area contributed by atoms with Gasteiger partial charge in [0, 0.05) is 32.9 Å². The second-order valence-electron chi connectivity index (χ2n) is 3.96. The van der Waals surface area contributed by atoms with Gasteiger partial charge in [-0.3, -0.25) is 19.1 Å². The van der Waals surface area contributed by atoms with Crippen LogP contribution in [0.1, 0.15) is 0 Å². The van der Waals surface area contributed by atoms with E-state index in [2.05, 4.69) is 31.5 Å². The normalized spacial score (nSPS) is 10.0. The van der Waals surface area contributed by atoms with Crippen LogP contribution in [-0.2, 0) is 16.1 Å². The van der Waals surface area contributed by atoms with Crippen LogP contribution in [0.4, 0.5) is 0 Å². The number of aromatic amines is 1. The van der Waals surface area contributed by atoms with Gasteiger partial charge in [-0.2, -0.15) is 0 Å². The molecule has 0 unspecified atom stereocenters. The zero-order chi connectivity index (χ0) is 15.0. The van der Waals surface area contributed by atoms with Gasteiger partial charge in [0.15, 0.2) is 0 Å². The number of nitrogens with zero attached hydrogens (tertiary/aromatic N) is 1. The lowest BCUT2D eigenvalue weighted by molar-refractivity contribution is -0.121. The molecule has 21 heavy (non-hydrogen) atoms. The molecule has 0 bridgehead atoms. The minimum atomic E-state index is -0.619. The van der Waals surface area contributed by atoms with Crippen LogP contribution in [0, 0.1) is 0 Å². The Hall–Kier alpha value is -1.16. The van der Waals surface area contributed by atoms with Crippen molar-refractivity contribution in [2.75, 3.05) is 33.4 Å². The maximum absolute atomic E-state index is 11.6. The third-order valence-corrected chi connectivity index (χ3v) is 2.95. The van der Waals surface area contributed by atoms with Crippen molar-refractivity contribution in [1.29, 1.82) is 0 Å². The first-order valence-corrected chi connectivity index (χ1v) is 6.79. The lowest BCUT2D eigenvalue weighted by Gasteiger charge is -2.08. The lowest BCUT2D eigenvalue weighted by atomic mass is 10.5. The highest BCUT2D eigenvalue weighted by molar-refractivity contribution is 9.10. The van der Waals surface area contributed by atoms with Gasteiger partial charge in [-0.15, -0.1) is 12.4 Å². The number of carbonyl (C=O) groups excluding carboxylic acids is 1. The van der Waals surface area contributed by atoms with E-state index in [9.17, 15) is 14.4 Å². The number of H-pyrrole nitrogens is 1. The first kappa shape index (κ1) is 19.8. The van der Waals surface area contributed by atoms with E-state index in [1.54, 1.807) is 7.11 Å². The van der Waals surface area contributed by atoms with E-state index in [1.165, 1.54) is 6.20 Å². The van der Waals surface area contributed by atoms with Gasteiger partial charge in [0.25, 0.3) is 5.56 Å². The molecule has 1 rings (SSSR count). The SMILES string of the molecule is COCCNCCNC(=O)Cn1cc(Br)c(=O)[nH]c1=O.Cl. The topological polar surface area (TPSA) is 105 Å². The summed E-state index contributed by atoms with van der Waals surface area (Å²) in [7, 11) is 1.61. The van der Waals surface area contributed by atoms with Gasteiger partial charge in [-0.05, 0) is 15.9 Å². The van der Waals surface area contributed by atoms with Gasteiger partial charge < -0.3 is 15.4 Å². The molecular formula is C11H18BrClN4O4. The zero-order valence-corrected chi connectivity index (χ0v) is 13.9. The van der Waals surface area contributed by atoms with Crippen LogP contribution in [0.15, 0.2) is 20.3 Å². The number of hydrogen-bond donors (Lipinski definition) is 3. The predicted octanol–water partition coefficient (Wildman–Crippen LogP) is -0.927. The molecule has 10 heteroatoms. The third-order valence-electron chi connectivity index (χ3n) is 2.39. The Morgan fingerprint density at radius 2 is 2.10 bits per heavy atom. The molecule has 0 saturated heterocycles. The second-order valence-corrected chi connectivity index (χ2v) is 4.81. The van der Waals surface area contributed by atoms with Gasteiger partial charge in [0.2, 0.25) is 5.91 Å². The van der Waals surface area contributed by atoms with E-state index in [-0.39, 0.29) is 29.3 Å². The average molecular weight is 386 g/mol. The Bertz CT molecular complexity index is 560. The monoisotopic (exact) mass is 384 g/mol. The first-order valence-electron chi connectivity index (χ1n) is 6.00. The largest absolute Gasteiger partial charge is 0.383 e. The number of halogens is 2. The van der Waals surface area contributed by atoms with Gasteiger partial charge in [0.05, 0.1) is 11.1 Å². The molecule has 0 aliphatic carbocycles. The average Bonchev–Trinajstić information content (AvgIpc) is 2.40. The molecule has 0 fully saturated rings. The standard InChI is InChI=1S/C11H17BrN4O4.ClH/c1-20-5-4-13-2-3-14-9(17)7-16-6-8(12)10(18)15-11(16)19;/h6,13H,2-5,7H2,1H3,(H,14,17)(H,15,18,19);1H. The summed E-state index contributed by atoms with van der Waals surface area (Å²) in [6.45, 7) is 2.22. The van der Waals surface area contributed by atoms with E-state index in [0.717, 1.165) is 4.57 Å². The highest BCUT2D eigenvalue weighted by Gasteiger charge is 2.06. The van der Waals surface area contributed by atoms with Crippen molar-refractivity contribution in [3.63, 3.8) is 0 Å². The minimum Gasteiger partial charge on any atom is -0.383 e. The number of carbonyl (C=O) groups is 1. The number of amides is 1. The second kappa shape index (κ2) is 10.6. The Kier molecular flexibility index (Phi) is 9.97. The summed E-state index contributed by atoms with van der Waals surface area (Å²) in [5, 5.41) is 5.73. The van der Waals surface area contributed by atoms with Crippen LogP contribution < -0.4 is 21.9 Å². The van der Waals surface area contributed by atoms with Crippen molar-refractivity contribution in [2.45, 2.75) is 6.54 Å². The van der Waals surface area contributed by atoms with Gasteiger partial charge in [-0.1, -0.05) is 0 Å². The number of nitrogens with one attached hydrogen (secondary N) is 3. The number of hydrogen-bond acceptors (Lipinski definition) is 5. The van der Waals surface area contributed by atoms with Crippen molar-refractivity contribution in [2.24, 2.45) is 0 Å². The molecule has 0 saturated carbocycles. The van der Waals surface area contributed by atoms with Crippen molar-refractivity contribution in [3.05, 3.63) is 31.5 Å². The highest BCUT2D eigenvalue weighted by Crippen LogP contribution is 1.97. The smallest absolute Gasteiger partial charge is 0.328 e. The van der Waals surface area contributed by atoms with E-state index in [1.807, 2.05) is 0 Å². The fraction of sp³-hybridized carbons (Fsp3) is 0.545. The molecule has 0 radical (unpaired) electrons. The van der Waals surface area contributed by atoms with Crippen LogP contribution in [0.3, 0.4) is 0 Å². The molecule has 1 heterocycles. The Morgan fingerprint density at radius 1 is 1.38 bits per heavy atom. The molecule has 1 aromatic heterocycles. The van der Waals surface area contributed by atoms with Crippen LogP contribution in [0.5, 0.6) is 0 Å². The summed E-state index contributed by atoms with van der Waals surface area (Å²) in [5.41, 5.74) is -1.14. The number of rotatable bonds is 8.